The van der Waals surface area contributed by atoms with Gasteiger partial charge < -0.3 is 65.1 Å². The second-order valence-corrected chi connectivity index (χ2v) is 15.5. The summed E-state index contributed by atoms with van der Waals surface area (Å²) in [5.41, 5.74) is 0. The fourth-order valence-corrected chi connectivity index (χ4v) is 7.01. The summed E-state index contributed by atoms with van der Waals surface area (Å²) in [5.74, 6) is -0.265. The third-order valence-corrected chi connectivity index (χ3v) is 10.6. The van der Waals surface area contributed by atoms with Crippen molar-refractivity contribution >= 4 is 5.91 Å². The molecule has 2 saturated heterocycles. The first kappa shape index (κ1) is 50.6. The van der Waals surface area contributed by atoms with Crippen LogP contribution in [-0.2, 0) is 23.7 Å². The van der Waals surface area contributed by atoms with Crippen LogP contribution in [0.2, 0.25) is 0 Å². The molecule has 2 fully saturated rings. The molecule has 0 radical (unpaired) electrons. The monoisotopic (exact) mass is 804 g/mol. The lowest BCUT2D eigenvalue weighted by Crippen LogP contribution is -2.65. The highest BCUT2D eigenvalue weighted by Gasteiger charge is 2.50. The van der Waals surface area contributed by atoms with Crippen molar-refractivity contribution in [3.8, 4) is 0 Å². The van der Waals surface area contributed by atoms with E-state index in [2.05, 4.69) is 31.3 Å². The number of amides is 1. The number of nitrogens with one attached hydrogen (secondary N) is 1. The third-order valence-electron chi connectivity index (χ3n) is 10.6. The molecule has 0 saturated carbocycles. The van der Waals surface area contributed by atoms with Gasteiger partial charge >= 0.3 is 0 Å². The van der Waals surface area contributed by atoms with Crippen LogP contribution in [0, 0.1) is 0 Å². The molecule has 0 aromatic carbocycles. The van der Waals surface area contributed by atoms with Gasteiger partial charge in [0.05, 0.1) is 32.0 Å². The molecule has 14 nitrogen and oxygen atoms in total. The molecule has 2 aliphatic heterocycles. The molecule has 0 aromatic heterocycles. The predicted octanol–water partition coefficient (Wildman–Crippen LogP) is 3.43. The molecule has 2 rings (SSSR count). The van der Waals surface area contributed by atoms with E-state index < -0.39 is 86.8 Å². The lowest BCUT2D eigenvalue weighted by atomic mass is 9.97. The Balaban J connectivity index is 1.88. The minimum Gasteiger partial charge on any atom is -0.394 e. The van der Waals surface area contributed by atoms with Gasteiger partial charge in [-0.3, -0.25) is 4.79 Å². The van der Waals surface area contributed by atoms with Gasteiger partial charge in [0.2, 0.25) is 5.91 Å². The van der Waals surface area contributed by atoms with Gasteiger partial charge in [0.25, 0.3) is 0 Å². The molecule has 14 heteroatoms. The molecule has 0 aliphatic carbocycles. The summed E-state index contributed by atoms with van der Waals surface area (Å²) in [5, 5.41) is 86.0. The van der Waals surface area contributed by atoms with Crippen LogP contribution in [0.5, 0.6) is 0 Å². The van der Waals surface area contributed by atoms with Gasteiger partial charge in [-0.15, -0.1) is 0 Å². The largest absolute Gasteiger partial charge is 0.394 e. The van der Waals surface area contributed by atoms with E-state index in [1.54, 1.807) is 6.08 Å². The summed E-state index contributed by atoms with van der Waals surface area (Å²) in [6.07, 6.45) is 12.9. The number of rotatable bonds is 31. The molecule has 2 heterocycles. The number of allylic oxidation sites excluding steroid dienone is 3. The molecule has 0 spiro atoms. The predicted molar refractivity (Wildman–Crippen MR) is 212 cm³/mol. The maximum absolute atomic E-state index is 12.9. The number of hydrogen-bond acceptors (Lipinski definition) is 13. The van der Waals surface area contributed by atoms with Gasteiger partial charge in [0.1, 0.15) is 48.8 Å². The number of carbonyl (C=O) groups excluding carboxylic acids is 1. The van der Waals surface area contributed by atoms with Crippen LogP contribution in [0.3, 0.4) is 0 Å². The Hall–Kier alpha value is -1.53. The smallest absolute Gasteiger partial charge is 0.220 e. The summed E-state index contributed by atoms with van der Waals surface area (Å²) in [4.78, 5) is 12.9. The average Bonchev–Trinajstić information content (AvgIpc) is 3.19. The molecule has 328 valence electrons. The molecule has 1 amide bonds. The maximum atomic E-state index is 12.9. The molecule has 9 N–H and O–H groups in total. The zero-order chi connectivity index (χ0) is 41.1. The first-order chi connectivity index (χ1) is 27.1. The number of carbonyl (C=O) groups is 1. The highest BCUT2D eigenvalue weighted by atomic mass is 16.7. The zero-order valence-corrected chi connectivity index (χ0v) is 34.1. The van der Waals surface area contributed by atoms with Crippen LogP contribution in [0.15, 0.2) is 24.3 Å². The van der Waals surface area contributed by atoms with Crippen molar-refractivity contribution in [3.05, 3.63) is 24.3 Å². The van der Waals surface area contributed by atoms with Crippen LogP contribution in [0.25, 0.3) is 0 Å². The fourth-order valence-electron chi connectivity index (χ4n) is 7.01. The molecular formula is C42H77NO13. The second-order valence-electron chi connectivity index (χ2n) is 15.5. The zero-order valence-electron chi connectivity index (χ0n) is 34.1. The Morgan fingerprint density at radius 2 is 1.14 bits per heavy atom. The molecule has 2 aliphatic rings. The molecule has 0 bridgehead atoms. The summed E-state index contributed by atoms with van der Waals surface area (Å²) >= 11 is 0. The van der Waals surface area contributed by atoms with Gasteiger partial charge in [-0.2, -0.15) is 0 Å². The van der Waals surface area contributed by atoms with Crippen molar-refractivity contribution in [2.75, 3.05) is 19.8 Å². The molecule has 0 aromatic rings. The topological polar surface area (TPSA) is 228 Å². The van der Waals surface area contributed by atoms with E-state index in [-0.39, 0.29) is 18.9 Å². The van der Waals surface area contributed by atoms with Crippen molar-refractivity contribution in [3.63, 3.8) is 0 Å². The van der Waals surface area contributed by atoms with Crippen LogP contribution < -0.4 is 5.32 Å². The van der Waals surface area contributed by atoms with Gasteiger partial charge in [-0.1, -0.05) is 128 Å². The Morgan fingerprint density at radius 3 is 1.75 bits per heavy atom. The third kappa shape index (κ3) is 19.0. The first-order valence-electron chi connectivity index (χ1n) is 21.6. The van der Waals surface area contributed by atoms with Gasteiger partial charge in [0, 0.05) is 6.42 Å². The van der Waals surface area contributed by atoms with Gasteiger partial charge in [-0.25, -0.2) is 0 Å². The van der Waals surface area contributed by atoms with E-state index in [4.69, 9.17) is 18.9 Å². The molecule has 56 heavy (non-hydrogen) atoms. The lowest BCUT2D eigenvalue weighted by Gasteiger charge is -2.46. The summed E-state index contributed by atoms with van der Waals surface area (Å²) < 4.78 is 22.5. The van der Waals surface area contributed by atoms with Crippen LogP contribution in [-0.4, -0.2) is 140 Å². The SMILES string of the molecule is CCCCCCCCCCCCC/C=C/CC/C=C/C(O)C(COC1OC(CO)C(OC2OC(CO)C(O)C(O)C2O)C(O)C1O)NC(=O)CCCCCCC. The normalized spacial score (nSPS) is 29.6. The average molecular weight is 804 g/mol. The van der Waals surface area contributed by atoms with E-state index in [9.17, 15) is 45.6 Å². The van der Waals surface area contributed by atoms with E-state index in [1.807, 2.05) is 6.08 Å². The van der Waals surface area contributed by atoms with Crippen LogP contribution in [0.4, 0.5) is 0 Å². The quantitative estimate of drug-likeness (QED) is 0.0362. The Morgan fingerprint density at radius 1 is 0.625 bits per heavy atom. The van der Waals surface area contributed by atoms with Crippen molar-refractivity contribution in [1.29, 1.82) is 0 Å². The molecule has 12 atom stereocenters. The van der Waals surface area contributed by atoms with Gasteiger partial charge in [0.15, 0.2) is 12.6 Å². The summed E-state index contributed by atoms with van der Waals surface area (Å²) in [7, 11) is 0. The van der Waals surface area contributed by atoms with Crippen LogP contribution in [0.1, 0.15) is 142 Å². The minimum absolute atomic E-state index is 0.265. The second kappa shape index (κ2) is 30.5. The Bertz CT molecular complexity index is 1050. The lowest BCUT2D eigenvalue weighted by molar-refractivity contribution is -0.359. The molecular weight excluding hydrogens is 726 g/mol. The first-order valence-corrected chi connectivity index (χ1v) is 21.6. The number of aliphatic hydroxyl groups is 8. The van der Waals surface area contributed by atoms with Crippen molar-refractivity contribution in [2.24, 2.45) is 0 Å². The minimum atomic E-state index is -1.79. The van der Waals surface area contributed by atoms with Crippen LogP contribution >= 0.6 is 0 Å². The van der Waals surface area contributed by atoms with Crippen molar-refractivity contribution in [2.45, 2.75) is 216 Å². The van der Waals surface area contributed by atoms with Gasteiger partial charge in [-0.05, 0) is 32.1 Å². The number of hydrogen-bond donors (Lipinski definition) is 9. The van der Waals surface area contributed by atoms with Crippen molar-refractivity contribution < 1.29 is 64.6 Å². The fraction of sp³-hybridized carbons (Fsp3) is 0.881. The number of ether oxygens (including phenoxy) is 4. The van der Waals surface area contributed by atoms with Crippen molar-refractivity contribution in [1.82, 2.24) is 5.32 Å². The number of unbranched alkanes of at least 4 members (excludes halogenated alkanes) is 16. The highest BCUT2D eigenvalue weighted by Crippen LogP contribution is 2.30. The maximum Gasteiger partial charge on any atom is 0.220 e. The summed E-state index contributed by atoms with van der Waals surface area (Å²) in [6.45, 7) is 2.63. The summed E-state index contributed by atoms with van der Waals surface area (Å²) in [6, 6.07) is -0.922. The van der Waals surface area contributed by atoms with E-state index in [0.29, 0.717) is 12.8 Å². The van der Waals surface area contributed by atoms with E-state index in [1.165, 1.54) is 70.6 Å². The number of aliphatic hydroxyl groups excluding tert-OH is 8. The van der Waals surface area contributed by atoms with E-state index in [0.717, 1.165) is 38.5 Å². The Kier molecular flexibility index (Phi) is 27.6. The van der Waals surface area contributed by atoms with E-state index >= 15 is 0 Å². The standard InChI is InChI=1S/C42H77NO13/c1-3-5-7-9-10-11-12-13-14-15-16-17-18-19-20-22-23-25-31(46)30(43-34(47)26-24-21-8-6-4-2)29-53-41-39(52)37(50)40(33(28-45)55-41)56-42-38(51)36(49)35(48)32(27-44)54-42/h18-19,23,25,30-33,35-42,44-46,48-52H,3-17,20-22,24,26-29H2,1-2H3,(H,43,47)/b19-18+,25-23+. The molecule has 12 unspecified atom stereocenters. The highest BCUT2D eigenvalue weighted by molar-refractivity contribution is 5.76. The Labute approximate surface area is 335 Å².